The van der Waals surface area contributed by atoms with E-state index in [2.05, 4.69) is 4.98 Å². The van der Waals surface area contributed by atoms with Crippen LogP contribution in [0.5, 0.6) is 0 Å². The number of carbonyl (C=O) groups is 1. The van der Waals surface area contributed by atoms with Gasteiger partial charge in [0.1, 0.15) is 0 Å². The van der Waals surface area contributed by atoms with Crippen LogP contribution in [0.15, 0.2) is 4.42 Å². The summed E-state index contributed by atoms with van der Waals surface area (Å²) in [4.78, 5) is 19.1. The zero-order valence-corrected chi connectivity index (χ0v) is 13.0. The van der Waals surface area contributed by atoms with Crippen LogP contribution in [-0.2, 0) is 6.42 Å². The lowest BCUT2D eigenvalue weighted by Crippen LogP contribution is -2.38. The van der Waals surface area contributed by atoms with Gasteiger partial charge in [0.25, 0.3) is 5.91 Å². The van der Waals surface area contributed by atoms with Crippen molar-refractivity contribution < 1.29 is 9.21 Å². The molecule has 21 heavy (non-hydrogen) atoms. The van der Waals surface area contributed by atoms with E-state index in [0.29, 0.717) is 11.7 Å². The maximum Gasteiger partial charge on any atom is 0.291 e. The molecule has 4 nitrogen and oxygen atoms in total. The maximum absolute atomic E-state index is 12.8. The van der Waals surface area contributed by atoms with Crippen LogP contribution in [0.25, 0.3) is 0 Å². The van der Waals surface area contributed by atoms with Gasteiger partial charge >= 0.3 is 0 Å². The molecule has 4 fully saturated rings. The van der Waals surface area contributed by atoms with Gasteiger partial charge in [0.05, 0.1) is 5.69 Å². The van der Waals surface area contributed by atoms with E-state index in [9.17, 15) is 4.79 Å². The minimum Gasteiger partial charge on any atom is -0.435 e. The molecule has 0 aromatic carbocycles. The molecule has 0 N–H and O–H groups in total. The molecule has 0 spiro atoms. The highest BCUT2D eigenvalue weighted by Gasteiger charge is 2.49. The Morgan fingerprint density at radius 1 is 1.19 bits per heavy atom. The summed E-state index contributed by atoms with van der Waals surface area (Å²) in [6.45, 7) is 5.75. The molecule has 114 valence electrons. The maximum atomic E-state index is 12.8. The van der Waals surface area contributed by atoms with Crippen LogP contribution in [0.1, 0.15) is 54.7 Å². The van der Waals surface area contributed by atoms with Crippen molar-refractivity contribution >= 4 is 5.91 Å². The number of oxazole rings is 1. The molecule has 3 aliphatic carbocycles. The van der Waals surface area contributed by atoms with Gasteiger partial charge in [0.2, 0.25) is 5.76 Å². The fourth-order valence-electron chi connectivity index (χ4n) is 4.96. The summed E-state index contributed by atoms with van der Waals surface area (Å²) in [5, 5.41) is 0. The quantitative estimate of drug-likeness (QED) is 0.840. The number of amides is 1. The Morgan fingerprint density at radius 2 is 1.76 bits per heavy atom. The third-order valence-electron chi connectivity index (χ3n) is 6.06. The molecule has 2 atom stereocenters. The predicted octanol–water partition coefficient (Wildman–Crippen LogP) is 3.05. The second-order valence-corrected chi connectivity index (χ2v) is 7.09. The molecule has 3 saturated carbocycles. The fraction of sp³-hybridized carbons (Fsp3) is 0.765. The van der Waals surface area contributed by atoms with Gasteiger partial charge in [-0.25, -0.2) is 4.98 Å². The largest absolute Gasteiger partial charge is 0.435 e. The normalized spacial score (nSPS) is 34.3. The average Bonchev–Trinajstić information content (AvgIpc) is 3.12. The molecule has 4 heteroatoms. The van der Waals surface area contributed by atoms with E-state index >= 15 is 0 Å². The number of likely N-dealkylation sites (tertiary alicyclic amines) is 1. The van der Waals surface area contributed by atoms with Crippen LogP contribution < -0.4 is 0 Å². The topological polar surface area (TPSA) is 46.3 Å². The number of aromatic nitrogens is 1. The van der Waals surface area contributed by atoms with E-state index < -0.39 is 0 Å². The second-order valence-electron chi connectivity index (χ2n) is 7.09. The first-order valence-corrected chi connectivity index (χ1v) is 8.43. The van der Waals surface area contributed by atoms with Crippen molar-refractivity contribution in [1.29, 1.82) is 0 Å². The molecule has 1 aromatic heterocycles. The molecule has 1 aliphatic heterocycles. The van der Waals surface area contributed by atoms with Crippen LogP contribution in [0, 0.1) is 30.6 Å². The number of carbonyl (C=O) groups excluding carboxylic acids is 1. The lowest BCUT2D eigenvalue weighted by Gasteiger charge is -2.44. The highest BCUT2D eigenvalue weighted by atomic mass is 16.4. The summed E-state index contributed by atoms with van der Waals surface area (Å²) < 4.78 is 5.66. The highest BCUT2D eigenvalue weighted by molar-refractivity contribution is 5.92. The Morgan fingerprint density at radius 3 is 2.24 bits per heavy atom. The Hall–Kier alpha value is -1.32. The van der Waals surface area contributed by atoms with E-state index in [0.717, 1.165) is 48.9 Å². The average molecular weight is 288 g/mol. The van der Waals surface area contributed by atoms with E-state index in [4.69, 9.17) is 4.42 Å². The van der Waals surface area contributed by atoms with Crippen molar-refractivity contribution in [3.05, 3.63) is 17.3 Å². The Kier molecular flexibility index (Phi) is 3.09. The van der Waals surface area contributed by atoms with E-state index in [1.807, 2.05) is 18.7 Å². The van der Waals surface area contributed by atoms with Crippen LogP contribution in [0.2, 0.25) is 0 Å². The summed E-state index contributed by atoms with van der Waals surface area (Å²) in [5.41, 5.74) is 0.745. The first kappa shape index (κ1) is 13.4. The molecule has 2 heterocycles. The van der Waals surface area contributed by atoms with Crippen molar-refractivity contribution in [1.82, 2.24) is 9.88 Å². The van der Waals surface area contributed by atoms with Crippen molar-refractivity contribution in [2.45, 2.75) is 46.0 Å². The molecular weight excluding hydrogens is 264 g/mol. The van der Waals surface area contributed by atoms with Crippen molar-refractivity contribution in [3.8, 4) is 0 Å². The highest BCUT2D eigenvalue weighted by Crippen LogP contribution is 2.51. The van der Waals surface area contributed by atoms with Crippen LogP contribution in [-0.4, -0.2) is 28.9 Å². The van der Waals surface area contributed by atoms with Crippen molar-refractivity contribution in [2.75, 3.05) is 13.1 Å². The standard InChI is InChI=1S/C17H24N2O2/c1-3-15-18-10(2)16(21-15)17(20)19-8-13-11-4-5-12(7-6-11)14(13)9-19/h11-14H,3-9H2,1-2H3/t11?,12?,13-,14+. The molecule has 2 bridgehead atoms. The molecule has 0 radical (unpaired) electrons. The Bertz CT molecular complexity index is 537. The van der Waals surface area contributed by atoms with E-state index in [-0.39, 0.29) is 5.91 Å². The monoisotopic (exact) mass is 288 g/mol. The number of nitrogens with zero attached hydrogens (tertiary/aromatic N) is 2. The summed E-state index contributed by atoms with van der Waals surface area (Å²) in [6, 6.07) is 0. The minimum absolute atomic E-state index is 0.0634. The summed E-state index contributed by atoms with van der Waals surface area (Å²) in [6.07, 6.45) is 6.28. The molecule has 1 aromatic rings. The first-order chi connectivity index (χ1) is 10.2. The van der Waals surface area contributed by atoms with Crippen molar-refractivity contribution in [2.24, 2.45) is 23.7 Å². The number of aryl methyl sites for hydroxylation is 2. The Labute approximate surface area is 125 Å². The smallest absolute Gasteiger partial charge is 0.291 e. The van der Waals surface area contributed by atoms with Gasteiger partial charge in [0.15, 0.2) is 5.89 Å². The molecule has 1 saturated heterocycles. The number of hydrogen-bond donors (Lipinski definition) is 0. The second kappa shape index (κ2) is 4.85. The Balaban J connectivity index is 1.55. The number of hydrogen-bond acceptors (Lipinski definition) is 3. The van der Waals surface area contributed by atoms with Crippen LogP contribution in [0.4, 0.5) is 0 Å². The molecule has 1 amide bonds. The van der Waals surface area contributed by atoms with Gasteiger partial charge < -0.3 is 9.32 Å². The van der Waals surface area contributed by atoms with Gasteiger partial charge in [-0.2, -0.15) is 0 Å². The molecule has 5 rings (SSSR count). The van der Waals surface area contributed by atoms with Gasteiger partial charge in [-0.05, 0) is 56.3 Å². The SMILES string of the molecule is CCc1nc(C)c(C(=O)N2C[C@@H]3C4CCC(CC4)[C@@H]3C2)o1. The zero-order chi connectivity index (χ0) is 14.6. The first-order valence-electron chi connectivity index (χ1n) is 8.43. The number of fused-ring (bicyclic) bond motifs is 2. The van der Waals surface area contributed by atoms with Gasteiger partial charge in [-0.3, -0.25) is 4.79 Å². The van der Waals surface area contributed by atoms with E-state index in [1.165, 1.54) is 25.7 Å². The zero-order valence-electron chi connectivity index (χ0n) is 13.0. The third-order valence-corrected chi connectivity index (χ3v) is 6.06. The molecule has 0 unspecified atom stereocenters. The summed E-state index contributed by atoms with van der Waals surface area (Å²) >= 11 is 0. The summed E-state index contributed by atoms with van der Waals surface area (Å²) in [5.74, 6) is 4.42. The molecule has 4 aliphatic rings. The predicted molar refractivity (Wildman–Crippen MR) is 78.9 cm³/mol. The van der Waals surface area contributed by atoms with E-state index in [1.54, 1.807) is 0 Å². The van der Waals surface area contributed by atoms with Gasteiger partial charge in [-0.1, -0.05) is 6.92 Å². The van der Waals surface area contributed by atoms with Crippen LogP contribution >= 0.6 is 0 Å². The van der Waals surface area contributed by atoms with Gasteiger partial charge in [-0.15, -0.1) is 0 Å². The lowest BCUT2D eigenvalue weighted by molar-refractivity contribution is 0.0577. The lowest BCUT2D eigenvalue weighted by atomic mass is 9.60. The summed E-state index contributed by atoms with van der Waals surface area (Å²) in [7, 11) is 0. The van der Waals surface area contributed by atoms with Crippen molar-refractivity contribution in [3.63, 3.8) is 0 Å². The third kappa shape index (κ3) is 2.02. The fourth-order valence-corrected chi connectivity index (χ4v) is 4.96. The van der Waals surface area contributed by atoms with Crippen LogP contribution in [0.3, 0.4) is 0 Å². The molecular formula is C17H24N2O2. The van der Waals surface area contributed by atoms with Gasteiger partial charge in [0, 0.05) is 19.5 Å². The number of rotatable bonds is 2. The minimum atomic E-state index is 0.0634.